The van der Waals surface area contributed by atoms with Crippen molar-refractivity contribution < 1.29 is 4.74 Å². The third-order valence-electron chi connectivity index (χ3n) is 4.96. The van der Waals surface area contributed by atoms with Gasteiger partial charge in [-0.05, 0) is 0 Å². The SMILES string of the molecule is CCC[CH2][Sn]([CH2]CCC)([CH2]CCC)[CH](/N=C(/C)OC)C(C)C. The molecule has 0 aliphatic carbocycles. The molecular weight excluding hydrogens is 377 g/mol. The fraction of sp³-hybridized carbons (Fsp3) is 0.947. The van der Waals surface area contributed by atoms with Crippen molar-refractivity contribution in [3.05, 3.63) is 0 Å². The Morgan fingerprint density at radius 2 is 1.32 bits per heavy atom. The molecule has 0 saturated carbocycles. The van der Waals surface area contributed by atoms with Crippen molar-refractivity contribution in [2.45, 2.75) is 97.4 Å². The molecule has 0 N–H and O–H groups in total. The number of methoxy groups -OCH3 is 1. The summed E-state index contributed by atoms with van der Waals surface area (Å²) in [4.78, 5) is 5.11. The van der Waals surface area contributed by atoms with E-state index in [-0.39, 0.29) is 0 Å². The first-order chi connectivity index (χ1) is 10.5. The van der Waals surface area contributed by atoms with Crippen LogP contribution in [0.4, 0.5) is 0 Å². The summed E-state index contributed by atoms with van der Waals surface area (Å²) in [6, 6.07) is 0. The molecule has 0 spiro atoms. The predicted octanol–water partition coefficient (Wildman–Crippen LogP) is 6.46. The van der Waals surface area contributed by atoms with Crippen LogP contribution < -0.4 is 0 Å². The Balaban J connectivity index is 5.55. The van der Waals surface area contributed by atoms with Gasteiger partial charge >= 0.3 is 144 Å². The second kappa shape index (κ2) is 12.7. The molecular formula is C19H41NOSn. The van der Waals surface area contributed by atoms with E-state index in [9.17, 15) is 0 Å². The van der Waals surface area contributed by atoms with Crippen LogP contribution in [0.1, 0.15) is 80.1 Å². The molecule has 0 aromatic rings. The molecule has 0 amide bonds. The van der Waals surface area contributed by atoms with E-state index in [1.54, 1.807) is 7.11 Å². The fourth-order valence-corrected chi connectivity index (χ4v) is 22.7. The van der Waals surface area contributed by atoms with Gasteiger partial charge in [0.1, 0.15) is 0 Å². The minimum absolute atomic E-state index is 0.596. The van der Waals surface area contributed by atoms with E-state index in [0.717, 1.165) is 5.90 Å². The summed E-state index contributed by atoms with van der Waals surface area (Å²) in [6.45, 7) is 13.8. The Kier molecular flexibility index (Phi) is 12.8. The van der Waals surface area contributed by atoms with Crippen molar-refractivity contribution in [3.8, 4) is 0 Å². The summed E-state index contributed by atoms with van der Waals surface area (Å²) in [7, 11) is 1.76. The summed E-state index contributed by atoms with van der Waals surface area (Å²) in [5.74, 6) is 1.55. The molecule has 2 nitrogen and oxygen atoms in total. The maximum atomic E-state index is 5.42. The van der Waals surface area contributed by atoms with Crippen LogP contribution in [0.5, 0.6) is 0 Å². The molecule has 0 saturated heterocycles. The molecule has 0 aromatic heterocycles. The zero-order chi connectivity index (χ0) is 17.0. The average Bonchev–Trinajstić information content (AvgIpc) is 2.52. The quantitative estimate of drug-likeness (QED) is 0.202. The minimum atomic E-state index is -2.30. The topological polar surface area (TPSA) is 21.6 Å². The first-order valence-corrected chi connectivity index (χ1v) is 17.3. The van der Waals surface area contributed by atoms with Gasteiger partial charge in [-0.25, -0.2) is 0 Å². The van der Waals surface area contributed by atoms with Crippen LogP contribution >= 0.6 is 0 Å². The van der Waals surface area contributed by atoms with Crippen LogP contribution in [0.2, 0.25) is 13.3 Å². The number of hydrogen-bond acceptors (Lipinski definition) is 2. The second-order valence-electron chi connectivity index (χ2n) is 7.21. The zero-order valence-corrected chi connectivity index (χ0v) is 19.2. The summed E-state index contributed by atoms with van der Waals surface area (Å²) >= 11 is -2.30. The van der Waals surface area contributed by atoms with E-state index < -0.39 is 18.4 Å². The number of aliphatic imine (C=N–C) groups is 1. The van der Waals surface area contributed by atoms with Crippen LogP contribution in [-0.4, -0.2) is 35.4 Å². The second-order valence-corrected chi connectivity index (χ2v) is 21.0. The molecule has 0 fully saturated rings. The number of hydrogen-bond donors (Lipinski definition) is 0. The Labute approximate surface area is 144 Å². The Morgan fingerprint density at radius 1 is 0.909 bits per heavy atom. The standard InChI is InChI=1S/C7H14NO.3C4H9.Sn/c1-6(2)5-8-7(3)9-4;3*1-3-4-2;/h5-6H,1-4H3;3*1,3-4H2,2H3;/b8-7-;;;;. The Bertz CT molecular complexity index is 280. The Hall–Kier alpha value is 0.269. The molecule has 132 valence electrons. The van der Waals surface area contributed by atoms with Gasteiger partial charge in [0.15, 0.2) is 0 Å². The molecule has 0 radical (unpaired) electrons. The van der Waals surface area contributed by atoms with Crippen LogP contribution in [0, 0.1) is 5.92 Å². The summed E-state index contributed by atoms with van der Waals surface area (Å²) in [6.07, 6.45) is 8.22. The molecule has 0 aliphatic heterocycles. The summed E-state index contributed by atoms with van der Waals surface area (Å²) in [5, 5.41) is 0. The normalized spacial score (nSPS) is 14.5. The van der Waals surface area contributed by atoms with Crippen molar-refractivity contribution in [1.29, 1.82) is 0 Å². The first-order valence-electron chi connectivity index (χ1n) is 9.55. The van der Waals surface area contributed by atoms with E-state index in [4.69, 9.17) is 9.73 Å². The number of rotatable bonds is 12. The van der Waals surface area contributed by atoms with Gasteiger partial charge in [0, 0.05) is 0 Å². The molecule has 0 aliphatic rings. The van der Waals surface area contributed by atoms with Gasteiger partial charge in [0.05, 0.1) is 0 Å². The van der Waals surface area contributed by atoms with E-state index in [1.807, 2.05) is 6.92 Å². The number of unbranched alkanes of at least 4 members (excludes halogenated alkanes) is 3. The van der Waals surface area contributed by atoms with Crippen LogP contribution in [0.25, 0.3) is 0 Å². The van der Waals surface area contributed by atoms with E-state index in [1.165, 1.54) is 51.8 Å². The monoisotopic (exact) mass is 419 g/mol. The summed E-state index contributed by atoms with van der Waals surface area (Å²) in [5.41, 5.74) is 0. The van der Waals surface area contributed by atoms with Crippen molar-refractivity contribution in [2.24, 2.45) is 10.9 Å². The number of nitrogens with zero attached hydrogens (tertiary/aromatic N) is 1. The molecule has 22 heavy (non-hydrogen) atoms. The van der Waals surface area contributed by atoms with E-state index in [0.29, 0.717) is 9.98 Å². The Morgan fingerprint density at radius 3 is 1.59 bits per heavy atom. The van der Waals surface area contributed by atoms with Gasteiger partial charge < -0.3 is 0 Å². The van der Waals surface area contributed by atoms with Gasteiger partial charge in [-0.3, -0.25) is 0 Å². The summed E-state index contributed by atoms with van der Waals surface area (Å²) < 4.78 is 10.6. The van der Waals surface area contributed by atoms with Gasteiger partial charge in [-0.1, -0.05) is 0 Å². The van der Waals surface area contributed by atoms with E-state index >= 15 is 0 Å². The first kappa shape index (κ1) is 22.3. The molecule has 3 heteroatoms. The van der Waals surface area contributed by atoms with Gasteiger partial charge in [-0.2, -0.15) is 0 Å². The van der Waals surface area contributed by atoms with Crippen LogP contribution in [0.3, 0.4) is 0 Å². The molecule has 1 unspecified atom stereocenters. The molecule has 0 aromatic carbocycles. The third-order valence-corrected chi connectivity index (χ3v) is 22.4. The third kappa shape index (κ3) is 7.70. The van der Waals surface area contributed by atoms with Crippen molar-refractivity contribution in [1.82, 2.24) is 0 Å². The van der Waals surface area contributed by atoms with E-state index in [2.05, 4.69) is 34.6 Å². The molecule has 0 bridgehead atoms. The van der Waals surface area contributed by atoms with Gasteiger partial charge in [0.25, 0.3) is 0 Å². The molecule has 0 heterocycles. The molecule has 1 atom stereocenters. The maximum absolute atomic E-state index is 5.42. The van der Waals surface area contributed by atoms with Crippen molar-refractivity contribution >= 4 is 24.3 Å². The van der Waals surface area contributed by atoms with Gasteiger partial charge in [0.2, 0.25) is 0 Å². The van der Waals surface area contributed by atoms with Crippen molar-refractivity contribution in [3.63, 3.8) is 0 Å². The number of ether oxygens (including phenoxy) is 1. The fourth-order valence-electron chi connectivity index (χ4n) is 3.65. The van der Waals surface area contributed by atoms with Crippen molar-refractivity contribution in [2.75, 3.05) is 7.11 Å². The predicted molar refractivity (Wildman–Crippen MR) is 104 cm³/mol. The van der Waals surface area contributed by atoms with Gasteiger partial charge in [-0.15, -0.1) is 0 Å². The zero-order valence-electron chi connectivity index (χ0n) is 16.4. The molecule has 0 rings (SSSR count). The average molecular weight is 418 g/mol. The van der Waals surface area contributed by atoms with Crippen LogP contribution in [0.15, 0.2) is 4.99 Å². The van der Waals surface area contributed by atoms with Crippen LogP contribution in [-0.2, 0) is 4.74 Å².